The van der Waals surface area contributed by atoms with Gasteiger partial charge in [0.15, 0.2) is 17.0 Å². The average Bonchev–Trinajstić information content (AvgIpc) is 3.38. The summed E-state index contributed by atoms with van der Waals surface area (Å²) >= 11 is 0. The Bertz CT molecular complexity index is 1800. The Labute approximate surface area is 211 Å². The van der Waals surface area contributed by atoms with E-state index in [-0.39, 0.29) is 17.5 Å². The molecule has 0 spiro atoms. The molecule has 10 heteroatoms. The summed E-state index contributed by atoms with van der Waals surface area (Å²) in [7, 11) is 1.65. The third-order valence-electron chi connectivity index (χ3n) is 7.18. The zero-order chi connectivity index (χ0) is 25.8. The lowest BCUT2D eigenvalue weighted by molar-refractivity contribution is 0.103. The highest BCUT2D eigenvalue weighted by atomic mass is 16.4. The van der Waals surface area contributed by atoms with Crippen LogP contribution in [0.5, 0.6) is 0 Å². The number of anilines is 1. The van der Waals surface area contributed by atoms with Crippen molar-refractivity contribution in [1.82, 2.24) is 24.1 Å². The maximum Gasteiger partial charge on any atom is 0.419 e. The van der Waals surface area contributed by atoms with Gasteiger partial charge in [0.25, 0.3) is 0 Å². The van der Waals surface area contributed by atoms with Gasteiger partial charge in [0.2, 0.25) is 0 Å². The number of aromatic amines is 1. The minimum atomic E-state index is -0.459. The molecule has 0 unspecified atom stereocenters. The number of aromatic nitrogens is 5. The number of carbonyl (C=O) groups is 1. The number of hydrogen-bond donors (Lipinski definition) is 1. The Morgan fingerprint density at radius 2 is 1.84 bits per heavy atom. The lowest BCUT2D eigenvalue weighted by Crippen LogP contribution is -2.37. The average molecular weight is 499 g/mol. The lowest BCUT2D eigenvalue weighted by Gasteiger charge is -2.33. The van der Waals surface area contributed by atoms with E-state index in [4.69, 9.17) is 9.40 Å². The number of nitrogens with one attached hydrogen (secondary N) is 1. The van der Waals surface area contributed by atoms with Crippen molar-refractivity contribution >= 4 is 33.9 Å². The summed E-state index contributed by atoms with van der Waals surface area (Å²) in [4.78, 5) is 52.0. The summed E-state index contributed by atoms with van der Waals surface area (Å²) < 4.78 is 8.58. The number of fused-ring (bicyclic) bond motifs is 2. The molecule has 1 saturated heterocycles. The number of carbonyl (C=O) groups excluding carboxylic acids is 1. The van der Waals surface area contributed by atoms with Crippen molar-refractivity contribution < 1.29 is 9.21 Å². The van der Waals surface area contributed by atoms with Crippen molar-refractivity contribution in [3.63, 3.8) is 0 Å². The molecule has 1 N–H and O–H groups in total. The molecule has 0 bridgehead atoms. The highest BCUT2D eigenvalue weighted by Gasteiger charge is 2.25. The summed E-state index contributed by atoms with van der Waals surface area (Å²) in [5.41, 5.74) is 4.87. The van der Waals surface area contributed by atoms with Crippen molar-refractivity contribution in [3.05, 3.63) is 86.0 Å². The molecule has 0 radical (unpaired) electrons. The van der Waals surface area contributed by atoms with Crippen molar-refractivity contribution in [1.29, 1.82) is 0 Å². The smallest absolute Gasteiger partial charge is 0.408 e. The predicted octanol–water partition coefficient (Wildman–Crippen LogP) is 3.25. The number of nitrogens with zero attached hydrogens (tertiary/aromatic N) is 5. The molecular formula is C27H26N6O4. The first-order chi connectivity index (χ1) is 17.8. The van der Waals surface area contributed by atoms with Gasteiger partial charge in [0, 0.05) is 49.2 Å². The maximum atomic E-state index is 13.5. The Morgan fingerprint density at radius 1 is 1.08 bits per heavy atom. The van der Waals surface area contributed by atoms with E-state index in [1.54, 1.807) is 36.0 Å². The van der Waals surface area contributed by atoms with E-state index in [0.29, 0.717) is 41.0 Å². The van der Waals surface area contributed by atoms with Gasteiger partial charge in [0.05, 0.1) is 11.0 Å². The van der Waals surface area contributed by atoms with E-state index in [0.717, 1.165) is 35.4 Å². The first kappa shape index (κ1) is 23.0. The molecule has 1 aliphatic rings. The van der Waals surface area contributed by atoms with Crippen LogP contribution in [0.4, 0.5) is 5.82 Å². The minimum Gasteiger partial charge on any atom is -0.408 e. The molecule has 0 atom stereocenters. The molecule has 37 heavy (non-hydrogen) atoms. The van der Waals surface area contributed by atoms with Gasteiger partial charge < -0.3 is 9.32 Å². The normalized spacial score (nSPS) is 14.6. The molecule has 4 aromatic heterocycles. The SMILES string of the molecule is Cc1cc(C(=O)c2cc(C)c3c(c2)oc(=O)n3C)cc(N2CCC(n3c(=O)[nH]c4ncccc43)CC2)n1. The van der Waals surface area contributed by atoms with Gasteiger partial charge in [-0.3, -0.25) is 18.9 Å². The first-order valence-electron chi connectivity index (χ1n) is 12.2. The number of pyridine rings is 2. The van der Waals surface area contributed by atoms with E-state index >= 15 is 0 Å². The molecule has 6 rings (SSSR count). The van der Waals surface area contributed by atoms with E-state index in [1.807, 2.05) is 32.0 Å². The highest BCUT2D eigenvalue weighted by Crippen LogP contribution is 2.28. The Balaban J connectivity index is 1.26. The van der Waals surface area contributed by atoms with Gasteiger partial charge in [-0.2, -0.15) is 0 Å². The summed E-state index contributed by atoms with van der Waals surface area (Å²) in [6, 6.07) is 10.8. The molecule has 1 aromatic carbocycles. The fourth-order valence-electron chi connectivity index (χ4n) is 5.42. The van der Waals surface area contributed by atoms with Crippen molar-refractivity contribution in [2.24, 2.45) is 7.05 Å². The predicted molar refractivity (Wildman–Crippen MR) is 139 cm³/mol. The van der Waals surface area contributed by atoms with E-state index in [2.05, 4.69) is 14.9 Å². The lowest BCUT2D eigenvalue weighted by atomic mass is 10.00. The molecule has 10 nitrogen and oxygen atoms in total. The molecule has 0 amide bonds. The van der Waals surface area contributed by atoms with Crippen LogP contribution in [-0.2, 0) is 7.05 Å². The van der Waals surface area contributed by atoms with Crippen LogP contribution in [0.25, 0.3) is 22.3 Å². The van der Waals surface area contributed by atoms with Crippen LogP contribution in [0.2, 0.25) is 0 Å². The zero-order valence-corrected chi connectivity index (χ0v) is 20.8. The fourth-order valence-corrected chi connectivity index (χ4v) is 5.42. The quantitative estimate of drug-likeness (QED) is 0.378. The zero-order valence-electron chi connectivity index (χ0n) is 20.8. The Kier molecular flexibility index (Phi) is 5.32. The standard InChI is InChI=1S/C27H26N6O4/c1-15-11-17(13-21-23(15)31(3)27(36)37-21)24(34)18-12-16(2)29-22(14-18)32-9-6-19(7-10-32)33-20-5-4-8-28-25(20)30-26(33)35/h4-5,8,11-14,19H,6-7,9-10H2,1-3H3,(H,28,30,35). The number of ketones is 1. The number of oxazole rings is 1. The Hall–Kier alpha value is -4.47. The third-order valence-corrected chi connectivity index (χ3v) is 7.18. The fraction of sp³-hybridized carbons (Fsp3) is 0.296. The summed E-state index contributed by atoms with van der Waals surface area (Å²) in [6.45, 7) is 5.13. The molecule has 188 valence electrons. The molecule has 5 heterocycles. The number of aryl methyl sites for hydroxylation is 3. The molecule has 5 aromatic rings. The molecule has 1 aliphatic heterocycles. The van der Waals surface area contributed by atoms with Gasteiger partial charge in [-0.25, -0.2) is 19.6 Å². The summed E-state index contributed by atoms with van der Waals surface area (Å²) in [6.07, 6.45) is 3.20. The Morgan fingerprint density at radius 3 is 2.62 bits per heavy atom. The summed E-state index contributed by atoms with van der Waals surface area (Å²) in [5, 5.41) is 0. The number of hydrogen-bond acceptors (Lipinski definition) is 7. The monoisotopic (exact) mass is 498 g/mol. The highest BCUT2D eigenvalue weighted by molar-refractivity contribution is 6.11. The van der Waals surface area contributed by atoms with Crippen LogP contribution >= 0.6 is 0 Å². The molecule has 0 aliphatic carbocycles. The largest absolute Gasteiger partial charge is 0.419 e. The van der Waals surface area contributed by atoms with Crippen LogP contribution in [-0.4, -0.2) is 43.0 Å². The van der Waals surface area contributed by atoms with Crippen LogP contribution < -0.4 is 16.3 Å². The number of benzene rings is 1. The second-order valence-electron chi connectivity index (χ2n) is 9.64. The van der Waals surface area contributed by atoms with Gasteiger partial charge >= 0.3 is 11.4 Å². The van der Waals surface area contributed by atoms with E-state index in [9.17, 15) is 14.4 Å². The van der Waals surface area contributed by atoms with Crippen molar-refractivity contribution in [2.45, 2.75) is 32.7 Å². The number of rotatable bonds is 4. The van der Waals surface area contributed by atoms with Crippen LogP contribution in [0, 0.1) is 13.8 Å². The topological polar surface area (TPSA) is 119 Å². The second kappa shape index (κ2) is 8.58. The molecule has 0 saturated carbocycles. The van der Waals surface area contributed by atoms with Gasteiger partial charge in [-0.1, -0.05) is 0 Å². The number of imidazole rings is 1. The molecule has 1 fully saturated rings. The van der Waals surface area contributed by atoms with Crippen molar-refractivity contribution in [2.75, 3.05) is 18.0 Å². The number of H-pyrrole nitrogens is 1. The third kappa shape index (κ3) is 3.85. The number of piperidine rings is 1. The van der Waals surface area contributed by atoms with Crippen LogP contribution in [0.15, 0.2) is 56.6 Å². The van der Waals surface area contributed by atoms with E-state index < -0.39 is 5.76 Å². The van der Waals surface area contributed by atoms with Gasteiger partial charge in [-0.05, 0) is 68.7 Å². The van der Waals surface area contributed by atoms with Crippen LogP contribution in [0.1, 0.15) is 46.1 Å². The van der Waals surface area contributed by atoms with E-state index in [1.165, 1.54) is 4.57 Å². The van der Waals surface area contributed by atoms with Crippen LogP contribution in [0.3, 0.4) is 0 Å². The van der Waals surface area contributed by atoms with Gasteiger partial charge in [0.1, 0.15) is 5.82 Å². The van der Waals surface area contributed by atoms with Crippen molar-refractivity contribution in [3.8, 4) is 0 Å². The van der Waals surface area contributed by atoms with Gasteiger partial charge in [-0.15, -0.1) is 0 Å². The maximum absolute atomic E-state index is 13.5. The molecular weight excluding hydrogens is 472 g/mol. The first-order valence-corrected chi connectivity index (χ1v) is 12.2. The minimum absolute atomic E-state index is 0.0582. The second-order valence-corrected chi connectivity index (χ2v) is 9.64. The summed E-state index contributed by atoms with van der Waals surface area (Å²) in [5.74, 6) is 0.120.